The highest BCUT2D eigenvalue weighted by atomic mass is 16.5. The Labute approximate surface area is 80.6 Å². The summed E-state index contributed by atoms with van der Waals surface area (Å²) in [6, 6.07) is 0. The second kappa shape index (κ2) is 7.30. The summed E-state index contributed by atoms with van der Waals surface area (Å²) in [7, 11) is 0. The van der Waals surface area contributed by atoms with E-state index in [0.29, 0.717) is 6.10 Å². The molecule has 1 rings (SSSR count). The van der Waals surface area contributed by atoms with Crippen molar-refractivity contribution in [1.82, 2.24) is 0 Å². The summed E-state index contributed by atoms with van der Waals surface area (Å²) in [5, 5.41) is 0. The summed E-state index contributed by atoms with van der Waals surface area (Å²) in [5.41, 5.74) is 5.34. The third-order valence-corrected chi connectivity index (χ3v) is 2.33. The Balaban J connectivity index is 1.78. The van der Waals surface area contributed by atoms with Gasteiger partial charge in [-0.3, -0.25) is 0 Å². The molecular weight excluding hydrogens is 166 g/mol. The quantitative estimate of drug-likeness (QED) is 0.611. The molecule has 3 heteroatoms. The van der Waals surface area contributed by atoms with Crippen molar-refractivity contribution in [2.24, 2.45) is 5.73 Å². The zero-order valence-electron chi connectivity index (χ0n) is 8.34. The van der Waals surface area contributed by atoms with Gasteiger partial charge in [0.25, 0.3) is 0 Å². The first-order valence-corrected chi connectivity index (χ1v) is 5.33. The van der Waals surface area contributed by atoms with Crippen molar-refractivity contribution < 1.29 is 9.47 Å². The fourth-order valence-corrected chi connectivity index (χ4v) is 1.57. The number of rotatable bonds is 7. The molecule has 0 saturated carbocycles. The standard InChI is InChI=1S/C10H21NO2/c11-6-3-8-12-7-1-4-10-5-2-9-13-10/h10H,1-9,11H2. The smallest absolute Gasteiger partial charge is 0.0576 e. The monoisotopic (exact) mass is 187 g/mol. The first-order valence-electron chi connectivity index (χ1n) is 5.33. The van der Waals surface area contributed by atoms with Crippen molar-refractivity contribution in [2.75, 3.05) is 26.4 Å². The van der Waals surface area contributed by atoms with Gasteiger partial charge in [-0.1, -0.05) is 0 Å². The predicted octanol–water partition coefficient (Wildman–Crippen LogP) is 1.31. The molecule has 1 aliphatic heterocycles. The van der Waals surface area contributed by atoms with E-state index >= 15 is 0 Å². The Kier molecular flexibility index (Phi) is 6.15. The second-order valence-electron chi connectivity index (χ2n) is 3.53. The van der Waals surface area contributed by atoms with Crippen LogP contribution in [-0.4, -0.2) is 32.5 Å². The molecule has 0 aromatic rings. The molecule has 1 saturated heterocycles. The molecule has 78 valence electrons. The zero-order valence-corrected chi connectivity index (χ0v) is 8.34. The normalized spacial score (nSPS) is 22.4. The van der Waals surface area contributed by atoms with Crippen molar-refractivity contribution >= 4 is 0 Å². The molecule has 1 heterocycles. The van der Waals surface area contributed by atoms with Gasteiger partial charge in [0, 0.05) is 19.8 Å². The van der Waals surface area contributed by atoms with E-state index in [4.69, 9.17) is 15.2 Å². The van der Waals surface area contributed by atoms with Crippen molar-refractivity contribution in [3.8, 4) is 0 Å². The summed E-state index contributed by atoms with van der Waals surface area (Å²) in [6.07, 6.45) is 6.23. The SMILES string of the molecule is NCCCOCCCC1CCCO1. The Hall–Kier alpha value is -0.120. The molecule has 1 atom stereocenters. The van der Waals surface area contributed by atoms with Gasteiger partial charge in [-0.15, -0.1) is 0 Å². The van der Waals surface area contributed by atoms with Crippen molar-refractivity contribution in [2.45, 2.75) is 38.2 Å². The molecule has 0 spiro atoms. The first kappa shape index (κ1) is 11.0. The highest BCUT2D eigenvalue weighted by Gasteiger charge is 2.14. The van der Waals surface area contributed by atoms with E-state index in [2.05, 4.69) is 0 Å². The maximum absolute atomic E-state index is 5.51. The van der Waals surface area contributed by atoms with Crippen LogP contribution in [0.5, 0.6) is 0 Å². The summed E-state index contributed by atoms with van der Waals surface area (Å²) in [6.45, 7) is 3.35. The number of ether oxygens (including phenoxy) is 2. The van der Waals surface area contributed by atoms with E-state index in [1.165, 1.54) is 12.8 Å². The minimum absolute atomic E-state index is 0.512. The average molecular weight is 187 g/mol. The van der Waals surface area contributed by atoms with E-state index in [-0.39, 0.29) is 0 Å². The van der Waals surface area contributed by atoms with E-state index in [0.717, 1.165) is 45.6 Å². The minimum Gasteiger partial charge on any atom is -0.381 e. The Morgan fingerprint density at radius 2 is 2.15 bits per heavy atom. The highest BCUT2D eigenvalue weighted by molar-refractivity contribution is 4.64. The molecule has 1 aliphatic rings. The van der Waals surface area contributed by atoms with Crippen molar-refractivity contribution in [3.63, 3.8) is 0 Å². The van der Waals surface area contributed by atoms with Crippen molar-refractivity contribution in [1.29, 1.82) is 0 Å². The van der Waals surface area contributed by atoms with Gasteiger partial charge in [-0.2, -0.15) is 0 Å². The van der Waals surface area contributed by atoms with E-state index in [1.807, 2.05) is 0 Å². The van der Waals surface area contributed by atoms with Crippen LogP contribution >= 0.6 is 0 Å². The highest BCUT2D eigenvalue weighted by Crippen LogP contribution is 2.16. The van der Waals surface area contributed by atoms with Crippen LogP contribution < -0.4 is 5.73 Å². The lowest BCUT2D eigenvalue weighted by molar-refractivity contribution is 0.0817. The fraction of sp³-hybridized carbons (Fsp3) is 1.00. The van der Waals surface area contributed by atoms with Crippen LogP contribution in [0.1, 0.15) is 32.1 Å². The molecule has 13 heavy (non-hydrogen) atoms. The lowest BCUT2D eigenvalue weighted by atomic mass is 10.1. The fourth-order valence-electron chi connectivity index (χ4n) is 1.57. The molecule has 2 N–H and O–H groups in total. The van der Waals surface area contributed by atoms with Crippen LogP contribution in [0.2, 0.25) is 0 Å². The third-order valence-electron chi connectivity index (χ3n) is 2.33. The van der Waals surface area contributed by atoms with Gasteiger partial charge >= 0.3 is 0 Å². The Morgan fingerprint density at radius 1 is 1.31 bits per heavy atom. The van der Waals surface area contributed by atoms with E-state index in [1.54, 1.807) is 0 Å². The molecule has 1 fully saturated rings. The molecule has 0 aliphatic carbocycles. The van der Waals surface area contributed by atoms with E-state index in [9.17, 15) is 0 Å². The van der Waals surface area contributed by atoms with Gasteiger partial charge in [-0.05, 0) is 38.6 Å². The summed E-state index contributed by atoms with van der Waals surface area (Å²) >= 11 is 0. The Morgan fingerprint density at radius 3 is 2.85 bits per heavy atom. The molecule has 3 nitrogen and oxygen atoms in total. The number of hydrogen-bond donors (Lipinski definition) is 1. The van der Waals surface area contributed by atoms with Gasteiger partial charge in [0.15, 0.2) is 0 Å². The Bertz CT molecular complexity index is 113. The molecule has 0 amide bonds. The van der Waals surface area contributed by atoms with Crippen LogP contribution in [0.4, 0.5) is 0 Å². The maximum atomic E-state index is 5.51. The molecule has 0 radical (unpaired) electrons. The van der Waals surface area contributed by atoms with Gasteiger partial charge in [0.05, 0.1) is 6.10 Å². The van der Waals surface area contributed by atoms with Crippen LogP contribution in [0.15, 0.2) is 0 Å². The van der Waals surface area contributed by atoms with Gasteiger partial charge in [-0.25, -0.2) is 0 Å². The van der Waals surface area contributed by atoms with Crippen LogP contribution in [0.3, 0.4) is 0 Å². The summed E-state index contributed by atoms with van der Waals surface area (Å²) in [5.74, 6) is 0. The number of hydrogen-bond acceptors (Lipinski definition) is 3. The lowest BCUT2D eigenvalue weighted by Crippen LogP contribution is -2.08. The van der Waals surface area contributed by atoms with Gasteiger partial charge < -0.3 is 15.2 Å². The largest absolute Gasteiger partial charge is 0.381 e. The zero-order chi connectivity index (χ0) is 9.36. The lowest BCUT2D eigenvalue weighted by Gasteiger charge is -2.08. The van der Waals surface area contributed by atoms with E-state index < -0.39 is 0 Å². The van der Waals surface area contributed by atoms with Gasteiger partial charge in [0.2, 0.25) is 0 Å². The summed E-state index contributed by atoms with van der Waals surface area (Å²) in [4.78, 5) is 0. The van der Waals surface area contributed by atoms with Gasteiger partial charge in [0.1, 0.15) is 0 Å². The van der Waals surface area contributed by atoms with Crippen LogP contribution in [0, 0.1) is 0 Å². The predicted molar refractivity (Wildman–Crippen MR) is 52.7 cm³/mol. The third kappa shape index (κ3) is 5.24. The minimum atomic E-state index is 0.512. The molecule has 0 bridgehead atoms. The second-order valence-corrected chi connectivity index (χ2v) is 3.53. The first-order chi connectivity index (χ1) is 6.43. The van der Waals surface area contributed by atoms with Crippen molar-refractivity contribution in [3.05, 3.63) is 0 Å². The molecule has 1 unspecified atom stereocenters. The molecule has 0 aromatic carbocycles. The molecular formula is C10H21NO2. The average Bonchev–Trinajstić information content (AvgIpc) is 2.63. The number of nitrogens with two attached hydrogens (primary N) is 1. The molecule has 0 aromatic heterocycles. The maximum Gasteiger partial charge on any atom is 0.0576 e. The topological polar surface area (TPSA) is 44.5 Å². The van der Waals surface area contributed by atoms with Crippen LogP contribution in [0.25, 0.3) is 0 Å². The summed E-state index contributed by atoms with van der Waals surface area (Å²) < 4.78 is 10.9. The van der Waals surface area contributed by atoms with Crippen LogP contribution in [-0.2, 0) is 9.47 Å².